The Morgan fingerprint density at radius 2 is 1.91 bits per heavy atom. The van der Waals surface area contributed by atoms with Crippen LogP contribution in [0.2, 0.25) is 0 Å². The van der Waals surface area contributed by atoms with E-state index in [4.69, 9.17) is 0 Å². The van der Waals surface area contributed by atoms with Crippen LogP contribution in [0.15, 0.2) is 46.1 Å². The molecule has 0 atom stereocenters. The van der Waals surface area contributed by atoms with Gasteiger partial charge in [-0.1, -0.05) is 19.9 Å². The third kappa shape index (κ3) is 2.11. The van der Waals surface area contributed by atoms with Crippen LogP contribution in [0.4, 0.5) is 0 Å². The van der Waals surface area contributed by atoms with Crippen LogP contribution in [-0.4, -0.2) is 16.1 Å². The highest BCUT2D eigenvalue weighted by molar-refractivity contribution is 6.28. The van der Waals surface area contributed by atoms with Crippen LogP contribution in [0.3, 0.4) is 0 Å². The van der Waals surface area contributed by atoms with E-state index in [1.807, 2.05) is 13.0 Å². The molecule has 1 aliphatic heterocycles. The van der Waals surface area contributed by atoms with E-state index in [0.29, 0.717) is 28.8 Å². The third-order valence-electron chi connectivity index (χ3n) is 4.26. The highest BCUT2D eigenvalue weighted by Crippen LogP contribution is 2.34. The Morgan fingerprint density at radius 1 is 1.22 bits per heavy atom. The zero-order chi connectivity index (χ0) is 16.9. The Bertz CT molecular complexity index is 898. The van der Waals surface area contributed by atoms with Crippen LogP contribution >= 0.6 is 0 Å². The maximum absolute atomic E-state index is 13.0. The van der Waals surface area contributed by atoms with E-state index < -0.39 is 0 Å². The average Bonchev–Trinajstić information content (AvgIpc) is 2.48. The quantitative estimate of drug-likeness (QED) is 0.909. The van der Waals surface area contributed by atoms with Crippen molar-refractivity contribution in [1.82, 2.24) is 9.88 Å². The molecule has 1 N–H and O–H groups in total. The van der Waals surface area contributed by atoms with E-state index >= 15 is 0 Å². The van der Waals surface area contributed by atoms with E-state index in [2.05, 4.69) is 11.9 Å². The summed E-state index contributed by atoms with van der Waals surface area (Å²) in [6.45, 7) is 7.56. The molecule has 0 spiro atoms. The summed E-state index contributed by atoms with van der Waals surface area (Å²) in [6, 6.07) is 1.40. The van der Waals surface area contributed by atoms with Gasteiger partial charge in [0.05, 0.1) is 11.1 Å². The molecule has 0 amide bonds. The van der Waals surface area contributed by atoms with Gasteiger partial charge in [0.2, 0.25) is 5.78 Å². The van der Waals surface area contributed by atoms with E-state index in [1.54, 1.807) is 6.92 Å². The summed E-state index contributed by atoms with van der Waals surface area (Å²) in [4.78, 5) is 37.9. The van der Waals surface area contributed by atoms with Crippen molar-refractivity contribution >= 4 is 11.6 Å². The number of carbonyl (C=O) groups excluding carboxylic acids is 2. The number of dihydropyridines is 1. The van der Waals surface area contributed by atoms with Crippen molar-refractivity contribution < 1.29 is 9.59 Å². The zero-order valence-electron chi connectivity index (χ0n) is 13.4. The molecule has 0 fully saturated rings. The molecule has 118 valence electrons. The van der Waals surface area contributed by atoms with Crippen molar-refractivity contribution in [1.29, 1.82) is 0 Å². The second-order valence-corrected chi connectivity index (χ2v) is 5.93. The van der Waals surface area contributed by atoms with Crippen LogP contribution in [0.5, 0.6) is 0 Å². The van der Waals surface area contributed by atoms with Crippen molar-refractivity contribution in [2.24, 2.45) is 7.05 Å². The second-order valence-electron chi connectivity index (χ2n) is 5.93. The summed E-state index contributed by atoms with van der Waals surface area (Å²) in [5, 5.41) is 2.92. The average molecular weight is 310 g/mol. The summed E-state index contributed by atoms with van der Waals surface area (Å²) in [5.41, 5.74) is 2.76. The molecule has 2 aliphatic rings. The predicted octanol–water partition coefficient (Wildman–Crippen LogP) is 2.17. The molecule has 1 aromatic rings. The lowest BCUT2D eigenvalue weighted by atomic mass is 9.81. The number of aryl methyl sites for hydroxylation is 1. The van der Waals surface area contributed by atoms with Gasteiger partial charge in [0, 0.05) is 18.8 Å². The number of pyridine rings is 1. The number of ketones is 2. The number of aromatic nitrogens is 1. The molecule has 5 heteroatoms. The molecular formula is C18H18N2O3. The Labute approximate surface area is 134 Å². The molecule has 0 bridgehead atoms. The Hall–Kier alpha value is -2.69. The Morgan fingerprint density at radius 3 is 2.57 bits per heavy atom. The first-order valence-corrected chi connectivity index (χ1v) is 7.58. The molecular weight excluding hydrogens is 292 g/mol. The van der Waals surface area contributed by atoms with E-state index in [0.717, 1.165) is 12.0 Å². The third-order valence-corrected chi connectivity index (χ3v) is 4.26. The number of rotatable bonds is 2. The van der Waals surface area contributed by atoms with Crippen molar-refractivity contribution in [3.05, 3.63) is 68.4 Å². The minimum atomic E-state index is -0.333. The van der Waals surface area contributed by atoms with E-state index in [9.17, 15) is 14.4 Å². The molecule has 5 nitrogen and oxygen atoms in total. The fourth-order valence-electron chi connectivity index (χ4n) is 3.21. The molecule has 0 unspecified atom stereocenters. The van der Waals surface area contributed by atoms with E-state index in [-0.39, 0.29) is 28.5 Å². The number of allylic oxidation sites excluding steroid dienone is 4. The number of nitrogens with one attached hydrogen (secondary N) is 1. The Kier molecular flexibility index (Phi) is 3.43. The van der Waals surface area contributed by atoms with Gasteiger partial charge in [-0.05, 0) is 30.6 Å². The van der Waals surface area contributed by atoms with Gasteiger partial charge in [-0.2, -0.15) is 0 Å². The Balaban J connectivity index is 2.32. The summed E-state index contributed by atoms with van der Waals surface area (Å²) in [6.07, 6.45) is 3.37. The lowest BCUT2D eigenvalue weighted by Gasteiger charge is -2.29. The fraction of sp³-hybridized carbons (Fsp3) is 0.278. The maximum Gasteiger partial charge on any atom is 0.251 e. The standard InChI is InChI=1S/C18H18N2O3/c1-5-6-11-8-10(3)19-15-14(11)17(22)13-9(2)7-12(21)20(4)16(13)18(15)23/h7-8,19H,3,5-6H2,1-2,4H3. The molecule has 0 saturated carbocycles. The first kappa shape index (κ1) is 15.2. The normalized spacial score (nSPS) is 16.8. The summed E-state index contributed by atoms with van der Waals surface area (Å²) in [7, 11) is 1.51. The first-order chi connectivity index (χ1) is 10.9. The van der Waals surface area contributed by atoms with E-state index in [1.165, 1.54) is 17.7 Å². The zero-order valence-corrected chi connectivity index (χ0v) is 13.4. The van der Waals surface area contributed by atoms with Crippen LogP contribution < -0.4 is 10.9 Å². The van der Waals surface area contributed by atoms with Crippen LogP contribution in [0.1, 0.15) is 46.2 Å². The van der Waals surface area contributed by atoms with Crippen molar-refractivity contribution in [3.8, 4) is 0 Å². The highest BCUT2D eigenvalue weighted by atomic mass is 16.1. The fourth-order valence-corrected chi connectivity index (χ4v) is 3.21. The minimum Gasteiger partial charge on any atom is -0.352 e. The minimum absolute atomic E-state index is 0.150. The summed E-state index contributed by atoms with van der Waals surface area (Å²) >= 11 is 0. The number of nitrogens with zero attached hydrogens (tertiary/aromatic N) is 1. The molecule has 0 radical (unpaired) electrons. The number of Topliss-reactive ketones (excluding diaryl/α,β-unsaturated/α-hetero) is 2. The molecule has 3 rings (SSSR count). The van der Waals surface area contributed by atoms with Crippen LogP contribution in [0, 0.1) is 6.92 Å². The molecule has 0 saturated heterocycles. The maximum atomic E-state index is 13.0. The molecule has 23 heavy (non-hydrogen) atoms. The predicted molar refractivity (Wildman–Crippen MR) is 87.4 cm³/mol. The summed E-state index contributed by atoms with van der Waals surface area (Å²) < 4.78 is 1.24. The smallest absolute Gasteiger partial charge is 0.251 e. The molecule has 2 heterocycles. The number of hydrogen-bond donors (Lipinski definition) is 1. The van der Waals surface area contributed by atoms with Gasteiger partial charge in [0.1, 0.15) is 11.4 Å². The lowest BCUT2D eigenvalue weighted by Crippen LogP contribution is -2.38. The first-order valence-electron chi connectivity index (χ1n) is 7.58. The number of hydrogen-bond acceptors (Lipinski definition) is 4. The van der Waals surface area contributed by atoms with Gasteiger partial charge >= 0.3 is 0 Å². The molecule has 1 aliphatic carbocycles. The SMILES string of the molecule is C=C1C=C(CCC)C2=C(N1)C(=O)c1c(c(C)cc(=O)n1C)C2=O. The van der Waals surface area contributed by atoms with Gasteiger partial charge in [-0.3, -0.25) is 14.4 Å². The van der Waals surface area contributed by atoms with Gasteiger partial charge in [-0.15, -0.1) is 0 Å². The number of carbonyl (C=O) groups is 2. The van der Waals surface area contributed by atoms with Gasteiger partial charge < -0.3 is 9.88 Å². The highest BCUT2D eigenvalue weighted by Gasteiger charge is 2.38. The van der Waals surface area contributed by atoms with Crippen molar-refractivity contribution in [3.63, 3.8) is 0 Å². The topological polar surface area (TPSA) is 68.2 Å². The molecule has 0 aromatic carbocycles. The van der Waals surface area contributed by atoms with Crippen molar-refractivity contribution in [2.45, 2.75) is 26.7 Å². The lowest BCUT2D eigenvalue weighted by molar-refractivity contribution is 0.0962. The van der Waals surface area contributed by atoms with Gasteiger partial charge in [0.25, 0.3) is 5.56 Å². The van der Waals surface area contributed by atoms with Gasteiger partial charge in [-0.25, -0.2) is 0 Å². The largest absolute Gasteiger partial charge is 0.352 e. The van der Waals surface area contributed by atoms with Crippen molar-refractivity contribution in [2.75, 3.05) is 0 Å². The second kappa shape index (κ2) is 5.19. The van der Waals surface area contributed by atoms with Gasteiger partial charge in [0.15, 0.2) is 5.78 Å². The molecule has 1 aromatic heterocycles. The summed E-state index contributed by atoms with van der Waals surface area (Å²) in [5.74, 6) is -0.539. The monoisotopic (exact) mass is 310 g/mol. The number of fused-ring (bicyclic) bond motifs is 1. The van der Waals surface area contributed by atoms with Crippen LogP contribution in [0.25, 0.3) is 0 Å². The van der Waals surface area contributed by atoms with Crippen LogP contribution in [-0.2, 0) is 7.05 Å².